The standard InChI is InChI=1S/C22H34N6O2/c1-18(20(29)26-14-16-28(17-15-26)22-23-8-5-9-24-22)25-10-12-27(13-11-25)21(30)19-6-3-2-4-7-19/h5,8-9,18-19H,2-4,6-7,10-17H2,1H3. The van der Waals surface area contributed by atoms with E-state index in [2.05, 4.69) is 19.8 Å². The van der Waals surface area contributed by atoms with Crippen LogP contribution in [0.5, 0.6) is 0 Å². The number of anilines is 1. The molecule has 1 atom stereocenters. The number of carbonyl (C=O) groups is 2. The predicted octanol–water partition coefficient (Wildman–Crippen LogP) is 1.24. The van der Waals surface area contributed by atoms with Gasteiger partial charge in [0.05, 0.1) is 6.04 Å². The summed E-state index contributed by atoms with van der Waals surface area (Å²) in [6.45, 7) is 7.96. The van der Waals surface area contributed by atoms with Crippen LogP contribution in [0.4, 0.5) is 5.95 Å². The van der Waals surface area contributed by atoms with Crippen LogP contribution in [0.2, 0.25) is 0 Å². The molecule has 4 rings (SSSR count). The van der Waals surface area contributed by atoms with Crippen LogP contribution in [0.25, 0.3) is 0 Å². The SMILES string of the molecule is CC(C(=O)N1CCN(c2ncccn2)CC1)N1CCN(C(=O)C2CCCCC2)CC1. The van der Waals surface area contributed by atoms with Gasteiger partial charge >= 0.3 is 0 Å². The van der Waals surface area contributed by atoms with Gasteiger partial charge in [0.2, 0.25) is 17.8 Å². The maximum Gasteiger partial charge on any atom is 0.239 e. The summed E-state index contributed by atoms with van der Waals surface area (Å²) < 4.78 is 0. The van der Waals surface area contributed by atoms with Crippen molar-refractivity contribution >= 4 is 17.8 Å². The molecular weight excluding hydrogens is 380 g/mol. The van der Waals surface area contributed by atoms with E-state index in [0.717, 1.165) is 58.1 Å². The maximum atomic E-state index is 13.1. The van der Waals surface area contributed by atoms with E-state index >= 15 is 0 Å². The molecule has 0 radical (unpaired) electrons. The first-order chi connectivity index (χ1) is 14.6. The lowest BCUT2D eigenvalue weighted by Gasteiger charge is -2.41. The van der Waals surface area contributed by atoms with Gasteiger partial charge in [0, 0.05) is 70.7 Å². The first kappa shape index (κ1) is 21.0. The molecule has 0 N–H and O–H groups in total. The van der Waals surface area contributed by atoms with Gasteiger partial charge in [0.25, 0.3) is 0 Å². The Labute approximate surface area is 179 Å². The molecule has 1 aromatic heterocycles. The third kappa shape index (κ3) is 4.74. The summed E-state index contributed by atoms with van der Waals surface area (Å²) in [5, 5.41) is 0. The van der Waals surface area contributed by atoms with Crippen molar-refractivity contribution in [2.75, 3.05) is 57.3 Å². The summed E-state index contributed by atoms with van der Waals surface area (Å²) in [6, 6.07) is 1.67. The summed E-state index contributed by atoms with van der Waals surface area (Å²) in [4.78, 5) is 42.8. The third-order valence-electron chi connectivity index (χ3n) is 6.91. The molecule has 8 nitrogen and oxygen atoms in total. The molecular formula is C22H34N6O2. The monoisotopic (exact) mass is 414 g/mol. The first-order valence-corrected chi connectivity index (χ1v) is 11.5. The minimum atomic E-state index is -0.142. The average molecular weight is 415 g/mol. The van der Waals surface area contributed by atoms with Gasteiger partial charge in [-0.1, -0.05) is 19.3 Å². The highest BCUT2D eigenvalue weighted by Crippen LogP contribution is 2.26. The molecule has 1 aromatic rings. The largest absolute Gasteiger partial charge is 0.340 e. The van der Waals surface area contributed by atoms with Crippen LogP contribution in [0.3, 0.4) is 0 Å². The topological polar surface area (TPSA) is 72.9 Å². The summed E-state index contributed by atoms with van der Waals surface area (Å²) in [7, 11) is 0. The van der Waals surface area contributed by atoms with E-state index in [0.29, 0.717) is 19.0 Å². The molecule has 8 heteroatoms. The summed E-state index contributed by atoms with van der Waals surface area (Å²) in [6.07, 6.45) is 9.24. The van der Waals surface area contributed by atoms with Crippen molar-refractivity contribution in [2.24, 2.45) is 5.92 Å². The second-order valence-electron chi connectivity index (χ2n) is 8.73. The molecule has 0 aromatic carbocycles. The Balaban J connectivity index is 1.23. The van der Waals surface area contributed by atoms with Crippen molar-refractivity contribution in [3.8, 4) is 0 Å². The molecule has 0 spiro atoms. The number of amides is 2. The lowest BCUT2D eigenvalue weighted by atomic mass is 9.88. The number of hydrogen-bond donors (Lipinski definition) is 0. The second kappa shape index (κ2) is 9.73. The van der Waals surface area contributed by atoms with Gasteiger partial charge in [-0.25, -0.2) is 9.97 Å². The lowest BCUT2D eigenvalue weighted by Crippen LogP contribution is -2.58. The smallest absolute Gasteiger partial charge is 0.239 e. The molecule has 2 saturated heterocycles. The van der Waals surface area contributed by atoms with Crippen LogP contribution in [0, 0.1) is 5.92 Å². The van der Waals surface area contributed by atoms with E-state index in [1.807, 2.05) is 22.8 Å². The zero-order chi connectivity index (χ0) is 20.9. The number of piperazine rings is 2. The van der Waals surface area contributed by atoms with Gasteiger partial charge in [0.1, 0.15) is 0 Å². The van der Waals surface area contributed by atoms with E-state index in [9.17, 15) is 9.59 Å². The van der Waals surface area contributed by atoms with Crippen molar-refractivity contribution in [1.29, 1.82) is 0 Å². The zero-order valence-corrected chi connectivity index (χ0v) is 18.1. The molecule has 3 aliphatic rings. The number of carbonyl (C=O) groups excluding carboxylic acids is 2. The summed E-state index contributed by atoms with van der Waals surface area (Å²) >= 11 is 0. The Morgan fingerprint density at radius 3 is 2.10 bits per heavy atom. The molecule has 164 valence electrons. The number of hydrogen-bond acceptors (Lipinski definition) is 6. The Morgan fingerprint density at radius 2 is 1.47 bits per heavy atom. The maximum absolute atomic E-state index is 13.1. The Hall–Kier alpha value is -2.22. The lowest BCUT2D eigenvalue weighted by molar-refractivity contribution is -0.141. The Morgan fingerprint density at radius 1 is 0.867 bits per heavy atom. The van der Waals surface area contributed by atoms with Gasteiger partial charge in [-0.2, -0.15) is 0 Å². The molecule has 1 saturated carbocycles. The molecule has 1 unspecified atom stereocenters. The first-order valence-electron chi connectivity index (χ1n) is 11.5. The fourth-order valence-corrected chi connectivity index (χ4v) is 4.94. The van der Waals surface area contributed by atoms with E-state index in [1.54, 1.807) is 12.4 Å². The van der Waals surface area contributed by atoms with Gasteiger partial charge in [-0.3, -0.25) is 14.5 Å². The number of nitrogens with zero attached hydrogens (tertiary/aromatic N) is 6. The fraction of sp³-hybridized carbons (Fsp3) is 0.727. The van der Waals surface area contributed by atoms with Crippen LogP contribution in [-0.4, -0.2) is 94.9 Å². The van der Waals surface area contributed by atoms with E-state index in [4.69, 9.17) is 0 Å². The quantitative estimate of drug-likeness (QED) is 0.738. The predicted molar refractivity (Wildman–Crippen MR) is 115 cm³/mol. The molecule has 3 fully saturated rings. The third-order valence-corrected chi connectivity index (χ3v) is 6.91. The van der Waals surface area contributed by atoms with Gasteiger partial charge in [-0.05, 0) is 25.8 Å². The summed E-state index contributed by atoms with van der Waals surface area (Å²) in [5.74, 6) is 1.49. The normalized spacial score (nSPS) is 22.8. The molecule has 2 aliphatic heterocycles. The summed E-state index contributed by atoms with van der Waals surface area (Å²) in [5.41, 5.74) is 0. The molecule has 0 bridgehead atoms. The molecule has 2 amide bonds. The van der Waals surface area contributed by atoms with Crippen LogP contribution in [-0.2, 0) is 9.59 Å². The van der Waals surface area contributed by atoms with Crippen LogP contribution >= 0.6 is 0 Å². The zero-order valence-electron chi connectivity index (χ0n) is 18.1. The Bertz CT molecular complexity index is 708. The minimum absolute atomic E-state index is 0.142. The molecule has 30 heavy (non-hydrogen) atoms. The van der Waals surface area contributed by atoms with Crippen molar-refractivity contribution in [1.82, 2.24) is 24.7 Å². The van der Waals surface area contributed by atoms with Crippen LogP contribution in [0.1, 0.15) is 39.0 Å². The van der Waals surface area contributed by atoms with Gasteiger partial charge < -0.3 is 14.7 Å². The van der Waals surface area contributed by atoms with Gasteiger partial charge in [0.15, 0.2) is 0 Å². The number of rotatable bonds is 4. The van der Waals surface area contributed by atoms with Crippen molar-refractivity contribution in [3.63, 3.8) is 0 Å². The van der Waals surface area contributed by atoms with Crippen molar-refractivity contribution in [3.05, 3.63) is 18.5 Å². The highest BCUT2D eigenvalue weighted by Gasteiger charge is 2.33. The van der Waals surface area contributed by atoms with E-state index < -0.39 is 0 Å². The fourth-order valence-electron chi connectivity index (χ4n) is 4.94. The minimum Gasteiger partial charge on any atom is -0.340 e. The van der Waals surface area contributed by atoms with Crippen molar-refractivity contribution < 1.29 is 9.59 Å². The van der Waals surface area contributed by atoms with Crippen LogP contribution in [0.15, 0.2) is 18.5 Å². The van der Waals surface area contributed by atoms with Crippen molar-refractivity contribution in [2.45, 2.75) is 45.1 Å². The van der Waals surface area contributed by atoms with Gasteiger partial charge in [-0.15, -0.1) is 0 Å². The Kier molecular flexibility index (Phi) is 6.82. The van der Waals surface area contributed by atoms with E-state index in [1.165, 1.54) is 19.3 Å². The second-order valence-corrected chi connectivity index (χ2v) is 8.73. The van der Waals surface area contributed by atoms with E-state index in [-0.39, 0.29) is 17.9 Å². The van der Waals surface area contributed by atoms with Crippen LogP contribution < -0.4 is 4.90 Å². The average Bonchev–Trinajstić information content (AvgIpc) is 2.84. The highest BCUT2D eigenvalue weighted by molar-refractivity contribution is 5.82. The molecule has 3 heterocycles. The molecule has 1 aliphatic carbocycles. The highest BCUT2D eigenvalue weighted by atomic mass is 16.2. The number of aromatic nitrogens is 2.